The van der Waals surface area contributed by atoms with Crippen molar-refractivity contribution in [3.63, 3.8) is 0 Å². The molecule has 0 amide bonds. The lowest BCUT2D eigenvalue weighted by Gasteiger charge is -2.09. The van der Waals surface area contributed by atoms with Gasteiger partial charge < -0.3 is 10.1 Å². The average molecular weight is 470 g/mol. The molecule has 2 aromatic carbocycles. The minimum absolute atomic E-state index is 0.0677. The molecule has 0 aliphatic carbocycles. The van der Waals surface area contributed by atoms with E-state index in [0.29, 0.717) is 21.0 Å². The van der Waals surface area contributed by atoms with E-state index in [-0.39, 0.29) is 18.1 Å². The lowest BCUT2D eigenvalue weighted by atomic mass is 9.97. The molecule has 3 rings (SSSR count). The van der Waals surface area contributed by atoms with Gasteiger partial charge in [0.2, 0.25) is 5.13 Å². The lowest BCUT2D eigenvalue weighted by molar-refractivity contribution is -0.139. The Morgan fingerprint density at radius 2 is 1.78 bits per heavy atom. The van der Waals surface area contributed by atoms with Gasteiger partial charge in [0.15, 0.2) is 16.7 Å². The smallest absolute Gasteiger partial charge is 0.316 e. The maximum Gasteiger partial charge on any atom is 0.316 e. The molecule has 0 aliphatic heterocycles. The number of aromatic nitrogens is 2. The molecule has 0 unspecified atom stereocenters. The summed E-state index contributed by atoms with van der Waals surface area (Å²) in [5.74, 6) is -0.155. The summed E-state index contributed by atoms with van der Waals surface area (Å²) < 4.78 is 5.80. The first kappa shape index (κ1) is 23.9. The van der Waals surface area contributed by atoms with Crippen LogP contribution in [0.15, 0.2) is 46.8 Å². The van der Waals surface area contributed by atoms with Gasteiger partial charge in [0.25, 0.3) is 0 Å². The summed E-state index contributed by atoms with van der Waals surface area (Å²) in [6.45, 7) is 8.08. The third-order valence-electron chi connectivity index (χ3n) is 5.21. The number of anilines is 2. The monoisotopic (exact) mass is 469 g/mol. The second-order valence-electron chi connectivity index (χ2n) is 7.57. The highest BCUT2D eigenvalue weighted by molar-refractivity contribution is 8.01. The van der Waals surface area contributed by atoms with Gasteiger partial charge in [0, 0.05) is 11.3 Å². The molecular weight excluding hydrogens is 442 g/mol. The fraction of sp³-hybridized carbons (Fsp3) is 0.333. The quantitative estimate of drug-likeness (QED) is 0.224. The van der Waals surface area contributed by atoms with Gasteiger partial charge in [-0.3, -0.25) is 9.59 Å². The normalized spacial score (nSPS) is 11.8. The SMILES string of the molecule is CC[C@H](C)c1ccc(C(=O)COC(=O)CSc2nnc(Nc3c(C)cccc3C)s2)cc1. The number of nitrogens with one attached hydrogen (secondary N) is 1. The molecule has 0 radical (unpaired) electrons. The van der Waals surface area contributed by atoms with E-state index in [0.717, 1.165) is 23.2 Å². The summed E-state index contributed by atoms with van der Waals surface area (Å²) in [6, 6.07) is 13.6. The molecule has 32 heavy (non-hydrogen) atoms. The van der Waals surface area contributed by atoms with Crippen LogP contribution in [0.4, 0.5) is 10.8 Å². The summed E-state index contributed by atoms with van der Waals surface area (Å²) in [4.78, 5) is 24.4. The Bertz CT molecular complexity index is 1060. The van der Waals surface area contributed by atoms with Crippen molar-refractivity contribution in [2.75, 3.05) is 17.7 Å². The van der Waals surface area contributed by atoms with Crippen LogP contribution in [-0.2, 0) is 9.53 Å². The van der Waals surface area contributed by atoms with Crippen LogP contribution in [0, 0.1) is 13.8 Å². The van der Waals surface area contributed by atoms with Crippen molar-refractivity contribution in [1.82, 2.24) is 10.2 Å². The molecule has 1 heterocycles. The number of ether oxygens (including phenoxy) is 1. The van der Waals surface area contributed by atoms with Crippen molar-refractivity contribution < 1.29 is 14.3 Å². The average Bonchev–Trinajstić information content (AvgIpc) is 3.25. The van der Waals surface area contributed by atoms with E-state index in [9.17, 15) is 9.59 Å². The van der Waals surface area contributed by atoms with Crippen molar-refractivity contribution >= 4 is 45.7 Å². The van der Waals surface area contributed by atoms with Gasteiger partial charge in [-0.25, -0.2) is 0 Å². The van der Waals surface area contributed by atoms with E-state index in [1.54, 1.807) is 12.1 Å². The Morgan fingerprint density at radius 1 is 1.09 bits per heavy atom. The molecule has 0 fully saturated rings. The highest BCUT2D eigenvalue weighted by atomic mass is 32.2. The number of nitrogens with zero attached hydrogens (tertiary/aromatic N) is 2. The largest absolute Gasteiger partial charge is 0.457 e. The molecule has 168 valence electrons. The molecule has 6 nitrogen and oxygen atoms in total. The second kappa shape index (κ2) is 11.2. The minimum atomic E-state index is -0.459. The number of hydrogen-bond acceptors (Lipinski definition) is 8. The molecule has 1 N–H and O–H groups in total. The van der Waals surface area contributed by atoms with Crippen LogP contribution < -0.4 is 5.32 Å². The standard InChI is InChI=1S/C24H27N3O3S2/c1-5-15(2)18-9-11-19(12-10-18)20(28)13-30-21(29)14-31-24-27-26-23(32-24)25-22-16(3)7-6-8-17(22)4/h6-12,15H,5,13-14H2,1-4H3,(H,25,26)/t15-/m0/s1. The molecule has 0 spiro atoms. The van der Waals surface area contributed by atoms with E-state index >= 15 is 0 Å². The lowest BCUT2D eigenvalue weighted by Crippen LogP contribution is -2.15. The van der Waals surface area contributed by atoms with Gasteiger partial charge in [0.05, 0.1) is 5.75 Å². The van der Waals surface area contributed by atoms with Crippen molar-refractivity contribution in [2.45, 2.75) is 44.4 Å². The van der Waals surface area contributed by atoms with Gasteiger partial charge in [-0.15, -0.1) is 10.2 Å². The summed E-state index contributed by atoms with van der Waals surface area (Å²) >= 11 is 2.61. The first-order chi connectivity index (χ1) is 15.4. The molecule has 1 aromatic heterocycles. The van der Waals surface area contributed by atoms with E-state index in [4.69, 9.17) is 4.74 Å². The van der Waals surface area contributed by atoms with E-state index in [1.807, 2.05) is 44.2 Å². The van der Waals surface area contributed by atoms with Crippen LogP contribution in [-0.4, -0.2) is 34.3 Å². The zero-order valence-electron chi connectivity index (χ0n) is 18.7. The van der Waals surface area contributed by atoms with Crippen LogP contribution in [0.2, 0.25) is 0 Å². The van der Waals surface area contributed by atoms with Gasteiger partial charge >= 0.3 is 5.97 Å². The number of thioether (sulfide) groups is 1. The Balaban J connectivity index is 1.46. The van der Waals surface area contributed by atoms with Crippen molar-refractivity contribution in [3.8, 4) is 0 Å². The predicted molar refractivity (Wildman–Crippen MR) is 130 cm³/mol. The zero-order chi connectivity index (χ0) is 23.1. The molecule has 0 saturated heterocycles. The Hall–Kier alpha value is -2.71. The maximum absolute atomic E-state index is 12.3. The van der Waals surface area contributed by atoms with Crippen LogP contribution in [0.1, 0.15) is 53.2 Å². The number of aryl methyl sites for hydroxylation is 2. The molecular formula is C24H27N3O3S2. The van der Waals surface area contributed by atoms with Gasteiger partial charge in [0.1, 0.15) is 0 Å². The van der Waals surface area contributed by atoms with Gasteiger partial charge in [-0.1, -0.05) is 79.4 Å². The molecule has 0 bridgehead atoms. The molecule has 0 aliphatic rings. The number of rotatable bonds is 10. The first-order valence-corrected chi connectivity index (χ1v) is 12.3. The molecule has 0 saturated carbocycles. The van der Waals surface area contributed by atoms with Crippen LogP contribution in [0.25, 0.3) is 0 Å². The Labute approximate surface area is 196 Å². The van der Waals surface area contributed by atoms with Crippen molar-refractivity contribution in [2.24, 2.45) is 0 Å². The van der Waals surface area contributed by atoms with Gasteiger partial charge in [-0.05, 0) is 42.9 Å². The number of benzene rings is 2. The number of Topliss-reactive ketones (excluding diaryl/α,β-unsaturated/α-hetero) is 1. The number of hydrogen-bond donors (Lipinski definition) is 1. The van der Waals surface area contributed by atoms with E-state index < -0.39 is 5.97 Å². The zero-order valence-corrected chi connectivity index (χ0v) is 20.3. The van der Waals surface area contributed by atoms with Gasteiger partial charge in [-0.2, -0.15) is 0 Å². The topological polar surface area (TPSA) is 81.2 Å². The minimum Gasteiger partial charge on any atom is -0.457 e. The van der Waals surface area contributed by atoms with E-state index in [2.05, 4.69) is 29.4 Å². The number of carbonyl (C=O) groups excluding carboxylic acids is 2. The number of esters is 1. The molecule has 3 aromatic rings. The predicted octanol–water partition coefficient (Wildman–Crippen LogP) is 5.93. The summed E-state index contributed by atoms with van der Waals surface area (Å²) in [7, 11) is 0. The first-order valence-electron chi connectivity index (χ1n) is 10.5. The molecule has 8 heteroatoms. The third-order valence-corrected chi connectivity index (χ3v) is 7.16. The van der Waals surface area contributed by atoms with Crippen LogP contribution in [0.3, 0.4) is 0 Å². The van der Waals surface area contributed by atoms with E-state index in [1.165, 1.54) is 28.7 Å². The second-order valence-corrected chi connectivity index (χ2v) is 9.77. The maximum atomic E-state index is 12.3. The number of carbonyl (C=O) groups is 2. The van der Waals surface area contributed by atoms with Crippen LogP contribution in [0.5, 0.6) is 0 Å². The summed E-state index contributed by atoms with van der Waals surface area (Å²) in [6.07, 6.45) is 1.04. The fourth-order valence-electron chi connectivity index (χ4n) is 3.06. The number of ketones is 1. The van der Waals surface area contributed by atoms with Crippen LogP contribution >= 0.6 is 23.1 Å². The summed E-state index contributed by atoms with van der Waals surface area (Å²) in [5, 5.41) is 12.2. The highest BCUT2D eigenvalue weighted by Crippen LogP contribution is 2.30. The number of para-hydroxylation sites is 1. The third kappa shape index (κ3) is 6.40. The van der Waals surface area contributed by atoms with Crippen molar-refractivity contribution in [1.29, 1.82) is 0 Å². The summed E-state index contributed by atoms with van der Waals surface area (Å²) in [5.41, 5.74) is 4.99. The van der Waals surface area contributed by atoms with Crippen molar-refractivity contribution in [3.05, 3.63) is 64.7 Å². The highest BCUT2D eigenvalue weighted by Gasteiger charge is 2.14. The molecule has 1 atom stereocenters. The Morgan fingerprint density at radius 3 is 2.44 bits per heavy atom. The fourth-order valence-corrected chi connectivity index (χ4v) is 4.62. The Kier molecular flexibility index (Phi) is 8.41.